The number of aliphatic hydroxyl groups is 1. The molecule has 11 nitrogen and oxygen atoms in total. The molecule has 1 aromatic heterocycles. The average molecular weight is 369 g/mol. The Morgan fingerprint density at radius 1 is 1.42 bits per heavy atom. The van der Waals surface area contributed by atoms with Crippen molar-refractivity contribution in [2.75, 3.05) is 6.61 Å². The quantitative estimate of drug-likeness (QED) is 0.409. The largest absolute Gasteiger partial charge is 0.386 e. The molecule has 1 aromatic rings. The van der Waals surface area contributed by atoms with Gasteiger partial charge in [0.25, 0.3) is 5.56 Å². The fourth-order valence-corrected chi connectivity index (χ4v) is 2.68. The van der Waals surface area contributed by atoms with Crippen molar-refractivity contribution in [2.45, 2.75) is 64.1 Å². The minimum atomic E-state index is -1.68. The maximum Gasteiger partial charge on any atom is 0.330 e. The third kappa shape index (κ3) is 4.14. The van der Waals surface area contributed by atoms with Gasteiger partial charge in [0.05, 0.1) is 18.8 Å². The number of H-pyrrole nitrogens is 1. The zero-order chi connectivity index (χ0) is 19.5. The van der Waals surface area contributed by atoms with E-state index in [-0.39, 0.29) is 18.8 Å². The Labute approximate surface area is 149 Å². The van der Waals surface area contributed by atoms with Crippen molar-refractivity contribution in [3.8, 4) is 0 Å². The van der Waals surface area contributed by atoms with E-state index >= 15 is 0 Å². The van der Waals surface area contributed by atoms with Gasteiger partial charge in [0.1, 0.15) is 12.2 Å². The van der Waals surface area contributed by atoms with Crippen molar-refractivity contribution in [1.29, 1.82) is 0 Å². The highest BCUT2D eigenvalue weighted by molar-refractivity contribution is 5.02. The van der Waals surface area contributed by atoms with E-state index in [1.807, 2.05) is 0 Å². The number of hydrogen-bond acceptors (Lipinski definition) is 7. The molecule has 1 saturated heterocycles. The molecule has 26 heavy (non-hydrogen) atoms. The Bertz CT molecular complexity index is 783. The smallest absolute Gasteiger partial charge is 0.330 e. The molecule has 144 valence electrons. The van der Waals surface area contributed by atoms with Crippen molar-refractivity contribution in [3.05, 3.63) is 43.5 Å². The second-order valence-electron chi connectivity index (χ2n) is 6.52. The van der Waals surface area contributed by atoms with E-state index in [0.29, 0.717) is 0 Å². The van der Waals surface area contributed by atoms with Crippen molar-refractivity contribution in [2.24, 2.45) is 5.11 Å². The van der Waals surface area contributed by atoms with Crippen LogP contribution >= 0.6 is 0 Å². The number of hydrogen-bond donors (Lipinski definition) is 2. The van der Waals surface area contributed by atoms with Gasteiger partial charge >= 0.3 is 5.69 Å². The van der Waals surface area contributed by atoms with E-state index in [1.54, 1.807) is 27.7 Å². The summed E-state index contributed by atoms with van der Waals surface area (Å²) in [6.07, 6.45) is -2.99. The molecular formula is C15H23N5O6. The van der Waals surface area contributed by atoms with Gasteiger partial charge in [0.2, 0.25) is 5.72 Å². The highest BCUT2D eigenvalue weighted by atomic mass is 16.6. The minimum absolute atomic E-state index is 0.183. The molecule has 0 radical (unpaired) electrons. The number of aromatic nitrogens is 2. The van der Waals surface area contributed by atoms with E-state index in [2.05, 4.69) is 15.0 Å². The molecule has 2 N–H and O–H groups in total. The van der Waals surface area contributed by atoms with E-state index in [1.165, 1.54) is 6.20 Å². The molecule has 1 aliphatic heterocycles. The molecule has 0 bridgehead atoms. The molecule has 1 aliphatic rings. The number of aromatic amines is 1. The number of azide groups is 1. The van der Waals surface area contributed by atoms with Gasteiger partial charge in [-0.1, -0.05) is 5.11 Å². The van der Waals surface area contributed by atoms with Crippen molar-refractivity contribution >= 4 is 0 Å². The Morgan fingerprint density at radius 3 is 2.65 bits per heavy atom. The topological polar surface area (TPSA) is 152 Å². The lowest BCUT2D eigenvalue weighted by Crippen LogP contribution is -2.48. The molecule has 3 unspecified atom stereocenters. The summed E-state index contributed by atoms with van der Waals surface area (Å²) in [4.78, 5) is 28.2. The first-order valence-electron chi connectivity index (χ1n) is 8.21. The summed E-state index contributed by atoms with van der Waals surface area (Å²) in [6.45, 7) is 6.89. The predicted molar refractivity (Wildman–Crippen MR) is 90.4 cm³/mol. The van der Waals surface area contributed by atoms with Gasteiger partial charge in [0.15, 0.2) is 6.23 Å². The van der Waals surface area contributed by atoms with Crippen molar-refractivity contribution in [1.82, 2.24) is 9.55 Å². The van der Waals surface area contributed by atoms with Crippen LogP contribution in [0.3, 0.4) is 0 Å². The standard InChI is InChI=1S/C15H23N5O6/c1-8(2)24-7-15(18-19-16)12(25-9(3)4)11(22)13(26-15)20-6-5-10(21)17-14(20)23/h5-6,8-9,11-13,22H,7H2,1-4H3,(H,17,21,23)/t11?,12?,13-,15?/m1/s1. The van der Waals surface area contributed by atoms with Crippen molar-refractivity contribution in [3.63, 3.8) is 0 Å². The lowest BCUT2D eigenvalue weighted by Gasteiger charge is -2.31. The highest BCUT2D eigenvalue weighted by Crippen LogP contribution is 2.40. The lowest BCUT2D eigenvalue weighted by atomic mass is 10.0. The van der Waals surface area contributed by atoms with Crippen LogP contribution in [0.15, 0.2) is 27.0 Å². The van der Waals surface area contributed by atoms with Crippen LogP contribution in [-0.2, 0) is 14.2 Å². The maximum absolute atomic E-state index is 12.1. The Morgan fingerprint density at radius 2 is 2.12 bits per heavy atom. The number of aliphatic hydroxyl groups excluding tert-OH is 1. The fraction of sp³-hybridized carbons (Fsp3) is 0.733. The molecule has 0 saturated carbocycles. The van der Waals surface area contributed by atoms with Crippen LogP contribution in [-0.4, -0.2) is 51.4 Å². The van der Waals surface area contributed by atoms with Gasteiger partial charge in [0, 0.05) is 17.2 Å². The van der Waals surface area contributed by atoms with Crippen molar-refractivity contribution < 1.29 is 19.3 Å². The second-order valence-corrected chi connectivity index (χ2v) is 6.52. The number of rotatable bonds is 7. The monoisotopic (exact) mass is 369 g/mol. The first kappa shape index (κ1) is 20.1. The minimum Gasteiger partial charge on any atom is -0.386 e. The molecule has 1 fully saturated rings. The Kier molecular flexibility index (Phi) is 6.21. The van der Waals surface area contributed by atoms with Gasteiger partial charge < -0.3 is 19.3 Å². The summed E-state index contributed by atoms with van der Waals surface area (Å²) < 4.78 is 18.1. The first-order chi connectivity index (χ1) is 12.2. The van der Waals surface area contributed by atoms with E-state index in [4.69, 9.17) is 19.7 Å². The predicted octanol–water partition coefficient (Wildman–Crippen LogP) is 0.651. The molecule has 0 aromatic carbocycles. The zero-order valence-electron chi connectivity index (χ0n) is 15.0. The van der Waals surface area contributed by atoms with Crippen LogP contribution in [0.5, 0.6) is 0 Å². The van der Waals surface area contributed by atoms with E-state index in [0.717, 1.165) is 10.6 Å². The van der Waals surface area contributed by atoms with Crippen LogP contribution in [0.2, 0.25) is 0 Å². The Balaban J connectivity index is 2.49. The normalized spacial score (nSPS) is 28.5. The molecule has 2 heterocycles. The highest BCUT2D eigenvalue weighted by Gasteiger charge is 2.57. The SMILES string of the molecule is CC(C)OCC1(N=[N+]=[N-])O[C@@H](n2ccc(=O)[nH]c2=O)C(O)C1OC(C)C. The molecule has 11 heteroatoms. The number of nitrogens with zero attached hydrogens (tertiary/aromatic N) is 4. The van der Waals surface area contributed by atoms with E-state index < -0.39 is 35.4 Å². The summed E-state index contributed by atoms with van der Waals surface area (Å²) in [5, 5.41) is 14.4. The number of ether oxygens (including phenoxy) is 3. The Hall–Kier alpha value is -2.17. The molecule has 0 aliphatic carbocycles. The lowest BCUT2D eigenvalue weighted by molar-refractivity contribution is -0.163. The molecule has 2 rings (SSSR count). The number of nitrogens with one attached hydrogen (secondary N) is 1. The summed E-state index contributed by atoms with van der Waals surface area (Å²) in [5.74, 6) is 0. The first-order valence-corrected chi connectivity index (χ1v) is 8.21. The van der Waals surface area contributed by atoms with E-state index in [9.17, 15) is 14.7 Å². The summed E-state index contributed by atoms with van der Waals surface area (Å²) >= 11 is 0. The fourth-order valence-electron chi connectivity index (χ4n) is 2.68. The van der Waals surface area contributed by atoms with Crippen LogP contribution in [0, 0.1) is 0 Å². The van der Waals surface area contributed by atoms with Gasteiger partial charge in [-0.15, -0.1) is 0 Å². The van der Waals surface area contributed by atoms with Crippen LogP contribution in [0.25, 0.3) is 10.4 Å². The van der Waals surface area contributed by atoms with Crippen LogP contribution < -0.4 is 11.2 Å². The van der Waals surface area contributed by atoms with Gasteiger partial charge in [-0.3, -0.25) is 14.3 Å². The van der Waals surface area contributed by atoms with Crippen LogP contribution in [0.4, 0.5) is 0 Å². The van der Waals surface area contributed by atoms with Crippen LogP contribution in [0.1, 0.15) is 33.9 Å². The molecule has 0 spiro atoms. The van der Waals surface area contributed by atoms with Gasteiger partial charge in [-0.05, 0) is 33.2 Å². The maximum atomic E-state index is 12.1. The zero-order valence-corrected chi connectivity index (χ0v) is 15.0. The van der Waals surface area contributed by atoms with Gasteiger partial charge in [-0.25, -0.2) is 4.79 Å². The second kappa shape index (κ2) is 8.02. The summed E-state index contributed by atoms with van der Waals surface area (Å²) in [7, 11) is 0. The van der Waals surface area contributed by atoms with Gasteiger partial charge in [-0.2, -0.15) is 0 Å². The molecule has 0 amide bonds. The summed E-state index contributed by atoms with van der Waals surface area (Å²) in [5.41, 5.74) is 5.98. The molecular weight excluding hydrogens is 346 g/mol. The molecule has 4 atom stereocenters. The average Bonchev–Trinajstić information content (AvgIpc) is 2.79. The summed E-state index contributed by atoms with van der Waals surface area (Å²) in [6, 6.07) is 1.12. The third-order valence-electron chi connectivity index (χ3n) is 3.75. The third-order valence-corrected chi connectivity index (χ3v) is 3.75.